The van der Waals surface area contributed by atoms with Gasteiger partial charge in [0.25, 0.3) is 0 Å². The number of hydrazine groups is 1. The molecule has 4 heteroatoms. The van der Waals surface area contributed by atoms with Crippen molar-refractivity contribution in [3.63, 3.8) is 0 Å². The Morgan fingerprint density at radius 2 is 1.79 bits per heavy atom. The molecule has 0 heterocycles. The van der Waals surface area contributed by atoms with E-state index in [4.69, 9.17) is 5.11 Å². The van der Waals surface area contributed by atoms with Crippen molar-refractivity contribution in [1.29, 1.82) is 0 Å². The molecule has 14 heavy (non-hydrogen) atoms. The molecule has 1 aromatic rings. The van der Waals surface area contributed by atoms with Gasteiger partial charge in [-0.15, -0.1) is 0 Å². The van der Waals surface area contributed by atoms with Crippen molar-refractivity contribution in [3.05, 3.63) is 35.4 Å². The van der Waals surface area contributed by atoms with E-state index < -0.39 is 5.97 Å². The Labute approximate surface area is 83.5 Å². The summed E-state index contributed by atoms with van der Waals surface area (Å²) in [6, 6.07) is 7.10. The topological polar surface area (TPSA) is 89.3 Å². The molecule has 0 unspecified atom stereocenters. The Hall–Kier alpha value is -1.39. The van der Waals surface area contributed by atoms with Gasteiger partial charge in [-0.2, -0.15) is 0 Å². The van der Waals surface area contributed by atoms with Gasteiger partial charge in [-0.3, -0.25) is 11.7 Å². The van der Waals surface area contributed by atoms with Crippen LogP contribution in [-0.4, -0.2) is 11.1 Å². The van der Waals surface area contributed by atoms with Gasteiger partial charge in [0.05, 0.1) is 5.56 Å². The van der Waals surface area contributed by atoms with Crippen LogP contribution in [0.5, 0.6) is 0 Å². The van der Waals surface area contributed by atoms with Gasteiger partial charge >= 0.3 is 5.97 Å². The summed E-state index contributed by atoms with van der Waals surface area (Å²) in [6.07, 6.45) is 0. The quantitative estimate of drug-likeness (QED) is 0.491. The summed E-state index contributed by atoms with van der Waals surface area (Å²) in [7, 11) is 0. The molecule has 0 aliphatic heterocycles. The smallest absolute Gasteiger partial charge is 0.335 e. The van der Waals surface area contributed by atoms with E-state index in [-0.39, 0.29) is 5.92 Å². The SMILES string of the molecule is CC(C)c1ccccc1C(=O)O.NN. The zero-order valence-electron chi connectivity index (χ0n) is 8.40. The van der Waals surface area contributed by atoms with Crippen LogP contribution in [0.1, 0.15) is 35.7 Å². The van der Waals surface area contributed by atoms with Gasteiger partial charge in [0.1, 0.15) is 0 Å². The van der Waals surface area contributed by atoms with Crippen LogP contribution in [0.25, 0.3) is 0 Å². The highest BCUT2D eigenvalue weighted by molar-refractivity contribution is 5.89. The zero-order chi connectivity index (χ0) is 11.1. The number of hydrogen-bond donors (Lipinski definition) is 3. The van der Waals surface area contributed by atoms with Crippen molar-refractivity contribution >= 4 is 5.97 Å². The molecular weight excluding hydrogens is 180 g/mol. The van der Waals surface area contributed by atoms with Gasteiger partial charge in [-0.25, -0.2) is 4.79 Å². The monoisotopic (exact) mass is 196 g/mol. The number of carboxylic acid groups (broad SMARTS) is 1. The molecule has 0 aliphatic rings. The summed E-state index contributed by atoms with van der Waals surface area (Å²) < 4.78 is 0. The highest BCUT2D eigenvalue weighted by Gasteiger charge is 2.10. The summed E-state index contributed by atoms with van der Waals surface area (Å²) in [6.45, 7) is 3.98. The Bertz CT molecular complexity index is 298. The lowest BCUT2D eigenvalue weighted by molar-refractivity contribution is 0.0695. The Balaban J connectivity index is 0.000000791. The Morgan fingerprint density at radius 1 is 1.29 bits per heavy atom. The fraction of sp³-hybridized carbons (Fsp3) is 0.300. The van der Waals surface area contributed by atoms with Gasteiger partial charge < -0.3 is 5.11 Å². The van der Waals surface area contributed by atoms with Gasteiger partial charge in [0.15, 0.2) is 0 Å². The highest BCUT2D eigenvalue weighted by Crippen LogP contribution is 2.18. The molecular formula is C10H16N2O2. The van der Waals surface area contributed by atoms with Gasteiger partial charge in [0, 0.05) is 0 Å². The molecule has 0 bridgehead atoms. The maximum absolute atomic E-state index is 10.7. The first-order valence-corrected chi connectivity index (χ1v) is 4.28. The van der Waals surface area contributed by atoms with E-state index in [1.165, 1.54) is 0 Å². The molecule has 5 N–H and O–H groups in total. The van der Waals surface area contributed by atoms with E-state index in [0.29, 0.717) is 5.56 Å². The molecule has 78 valence electrons. The molecule has 0 saturated heterocycles. The van der Waals surface area contributed by atoms with Crippen molar-refractivity contribution in [2.24, 2.45) is 11.7 Å². The minimum atomic E-state index is -0.848. The largest absolute Gasteiger partial charge is 0.478 e. The summed E-state index contributed by atoms with van der Waals surface area (Å²) in [4.78, 5) is 10.7. The molecule has 0 aliphatic carbocycles. The van der Waals surface area contributed by atoms with Gasteiger partial charge in [-0.05, 0) is 17.5 Å². The number of benzene rings is 1. The van der Waals surface area contributed by atoms with Crippen LogP contribution in [0.15, 0.2) is 24.3 Å². The van der Waals surface area contributed by atoms with E-state index in [0.717, 1.165) is 5.56 Å². The van der Waals surface area contributed by atoms with E-state index in [9.17, 15) is 4.79 Å². The third kappa shape index (κ3) is 3.16. The molecule has 0 amide bonds. The number of carboxylic acids is 1. The molecule has 1 rings (SSSR count). The Kier molecular flexibility index (Phi) is 5.52. The van der Waals surface area contributed by atoms with Crippen LogP contribution >= 0.6 is 0 Å². The maximum atomic E-state index is 10.7. The lowest BCUT2D eigenvalue weighted by Crippen LogP contribution is -2.02. The summed E-state index contributed by atoms with van der Waals surface area (Å²) in [5, 5.41) is 8.81. The second-order valence-corrected chi connectivity index (χ2v) is 3.05. The second kappa shape index (κ2) is 6.12. The van der Waals surface area contributed by atoms with Crippen LogP contribution in [-0.2, 0) is 0 Å². The number of rotatable bonds is 2. The number of hydrogen-bond acceptors (Lipinski definition) is 3. The maximum Gasteiger partial charge on any atom is 0.335 e. The minimum absolute atomic E-state index is 0.261. The summed E-state index contributed by atoms with van der Waals surface area (Å²) in [5.74, 6) is 7.41. The third-order valence-electron chi connectivity index (χ3n) is 1.81. The normalized spacial score (nSPS) is 9.21. The first kappa shape index (κ1) is 12.6. The van der Waals surface area contributed by atoms with Crippen molar-refractivity contribution in [3.8, 4) is 0 Å². The molecule has 0 atom stereocenters. The molecule has 0 fully saturated rings. The zero-order valence-corrected chi connectivity index (χ0v) is 8.40. The summed E-state index contributed by atoms with van der Waals surface area (Å²) in [5.41, 5.74) is 1.30. The lowest BCUT2D eigenvalue weighted by atomic mass is 9.97. The molecule has 4 nitrogen and oxygen atoms in total. The lowest BCUT2D eigenvalue weighted by Gasteiger charge is -2.07. The molecule has 0 aromatic heterocycles. The number of aromatic carboxylic acids is 1. The number of carbonyl (C=O) groups is 1. The first-order chi connectivity index (χ1) is 6.63. The molecule has 0 spiro atoms. The van der Waals surface area contributed by atoms with Crippen molar-refractivity contribution in [2.45, 2.75) is 19.8 Å². The van der Waals surface area contributed by atoms with Crippen LogP contribution in [0, 0.1) is 0 Å². The predicted octanol–water partition coefficient (Wildman–Crippen LogP) is 1.33. The average Bonchev–Trinajstić information content (AvgIpc) is 2.20. The van der Waals surface area contributed by atoms with Gasteiger partial charge in [0.2, 0.25) is 0 Å². The Morgan fingerprint density at radius 3 is 2.14 bits per heavy atom. The highest BCUT2D eigenvalue weighted by atomic mass is 16.4. The van der Waals surface area contributed by atoms with Crippen LogP contribution in [0.2, 0.25) is 0 Å². The fourth-order valence-electron chi connectivity index (χ4n) is 1.20. The van der Waals surface area contributed by atoms with Crippen LogP contribution < -0.4 is 11.7 Å². The van der Waals surface area contributed by atoms with E-state index >= 15 is 0 Å². The third-order valence-corrected chi connectivity index (χ3v) is 1.81. The van der Waals surface area contributed by atoms with Crippen molar-refractivity contribution in [2.75, 3.05) is 0 Å². The van der Waals surface area contributed by atoms with Crippen molar-refractivity contribution in [1.82, 2.24) is 0 Å². The van der Waals surface area contributed by atoms with Crippen LogP contribution in [0.3, 0.4) is 0 Å². The average molecular weight is 196 g/mol. The second-order valence-electron chi connectivity index (χ2n) is 3.05. The predicted molar refractivity (Wildman–Crippen MR) is 55.9 cm³/mol. The fourth-order valence-corrected chi connectivity index (χ4v) is 1.20. The van der Waals surface area contributed by atoms with Crippen LogP contribution in [0.4, 0.5) is 0 Å². The standard InChI is InChI=1S/C10H12O2.H4N2/c1-7(2)8-5-3-4-6-9(8)10(11)12;1-2/h3-7H,1-2H3,(H,11,12);1-2H2. The molecule has 1 aromatic carbocycles. The number of nitrogens with two attached hydrogens (primary N) is 2. The molecule has 0 radical (unpaired) electrons. The van der Waals surface area contributed by atoms with E-state index in [1.54, 1.807) is 12.1 Å². The minimum Gasteiger partial charge on any atom is -0.478 e. The van der Waals surface area contributed by atoms with Gasteiger partial charge in [-0.1, -0.05) is 32.0 Å². The van der Waals surface area contributed by atoms with E-state index in [2.05, 4.69) is 11.7 Å². The summed E-state index contributed by atoms with van der Waals surface area (Å²) >= 11 is 0. The first-order valence-electron chi connectivity index (χ1n) is 4.28. The van der Waals surface area contributed by atoms with E-state index in [1.807, 2.05) is 26.0 Å². The van der Waals surface area contributed by atoms with Crippen molar-refractivity contribution < 1.29 is 9.90 Å². The molecule has 0 saturated carbocycles.